The number of aromatic nitrogens is 3. The van der Waals surface area contributed by atoms with Crippen LogP contribution in [0.2, 0.25) is 0 Å². The van der Waals surface area contributed by atoms with Crippen molar-refractivity contribution in [2.75, 3.05) is 26.9 Å². The van der Waals surface area contributed by atoms with Crippen molar-refractivity contribution >= 4 is 29.9 Å². The summed E-state index contributed by atoms with van der Waals surface area (Å²) in [4.78, 5) is 9.09. The third-order valence-corrected chi connectivity index (χ3v) is 4.53. The molecule has 0 aliphatic heterocycles. The summed E-state index contributed by atoms with van der Waals surface area (Å²) in [7, 11) is 1.67. The number of benzene rings is 1. The summed E-state index contributed by atoms with van der Waals surface area (Å²) in [5.41, 5.74) is 3.27. The molecular weight excluding hydrogens is 519 g/mol. The van der Waals surface area contributed by atoms with Gasteiger partial charge >= 0.3 is 0 Å². The van der Waals surface area contributed by atoms with E-state index in [0.717, 1.165) is 40.8 Å². The Labute approximate surface area is 206 Å². The summed E-state index contributed by atoms with van der Waals surface area (Å²) < 4.78 is 12.7. The molecule has 1 aromatic carbocycles. The van der Waals surface area contributed by atoms with Gasteiger partial charge in [-0.3, -0.25) is 0 Å². The largest absolute Gasteiger partial charge is 0.491 e. The number of ether oxygens (including phenoxy) is 2. The van der Waals surface area contributed by atoms with Crippen molar-refractivity contribution in [1.29, 1.82) is 0 Å². The van der Waals surface area contributed by atoms with Gasteiger partial charge in [-0.05, 0) is 49.2 Å². The van der Waals surface area contributed by atoms with Gasteiger partial charge in [-0.25, -0.2) is 14.7 Å². The quantitative estimate of drug-likeness (QED) is 0.174. The van der Waals surface area contributed by atoms with E-state index < -0.39 is 0 Å². The molecule has 0 saturated carbocycles. The average molecular weight is 550 g/mol. The first-order valence-electron chi connectivity index (χ1n) is 10.4. The van der Waals surface area contributed by atoms with Crippen LogP contribution in [0.15, 0.2) is 60.0 Å². The average Bonchev–Trinajstić information content (AvgIpc) is 3.32. The SMILES string of the molecule is CCNC(=NCc1ccnc(-n2cccn2)c1)NCc1ccc(C)cc1OCCOC.I. The van der Waals surface area contributed by atoms with Crippen LogP contribution < -0.4 is 15.4 Å². The van der Waals surface area contributed by atoms with Gasteiger partial charge in [0.1, 0.15) is 12.4 Å². The Morgan fingerprint density at radius 3 is 2.75 bits per heavy atom. The van der Waals surface area contributed by atoms with Gasteiger partial charge < -0.3 is 20.1 Å². The lowest BCUT2D eigenvalue weighted by Crippen LogP contribution is -2.36. The van der Waals surface area contributed by atoms with Gasteiger partial charge in [0.25, 0.3) is 0 Å². The Morgan fingerprint density at radius 2 is 2.00 bits per heavy atom. The molecule has 172 valence electrons. The molecule has 0 bridgehead atoms. The van der Waals surface area contributed by atoms with E-state index in [-0.39, 0.29) is 24.0 Å². The fourth-order valence-corrected chi connectivity index (χ4v) is 2.96. The molecule has 3 aromatic rings. The molecule has 2 N–H and O–H groups in total. The van der Waals surface area contributed by atoms with Gasteiger partial charge in [0.05, 0.1) is 13.2 Å². The second kappa shape index (κ2) is 13.7. The first kappa shape index (κ1) is 25.6. The van der Waals surface area contributed by atoms with Crippen LogP contribution in [0.5, 0.6) is 5.75 Å². The number of aliphatic imine (C=N–C) groups is 1. The number of hydrogen-bond donors (Lipinski definition) is 2. The van der Waals surface area contributed by atoms with Gasteiger partial charge in [-0.15, -0.1) is 24.0 Å². The lowest BCUT2D eigenvalue weighted by Gasteiger charge is -2.15. The fourth-order valence-electron chi connectivity index (χ4n) is 2.96. The zero-order valence-corrected chi connectivity index (χ0v) is 21.1. The molecule has 0 atom stereocenters. The molecule has 8 nitrogen and oxygen atoms in total. The minimum Gasteiger partial charge on any atom is -0.491 e. The Morgan fingerprint density at radius 1 is 1.12 bits per heavy atom. The number of rotatable bonds is 10. The maximum atomic E-state index is 5.89. The number of aryl methyl sites for hydroxylation is 1. The molecular formula is C23H31IN6O2. The maximum absolute atomic E-state index is 5.89. The zero-order chi connectivity index (χ0) is 21.9. The topological polar surface area (TPSA) is 85.6 Å². The second-order valence-corrected chi connectivity index (χ2v) is 6.97. The lowest BCUT2D eigenvalue weighted by molar-refractivity contribution is 0.145. The number of methoxy groups -OCH3 is 1. The van der Waals surface area contributed by atoms with Crippen molar-refractivity contribution in [3.63, 3.8) is 0 Å². The van der Waals surface area contributed by atoms with Crippen LogP contribution in [0.25, 0.3) is 5.82 Å². The van der Waals surface area contributed by atoms with E-state index in [1.54, 1.807) is 24.2 Å². The molecule has 9 heteroatoms. The number of nitrogens with one attached hydrogen (secondary N) is 2. The third kappa shape index (κ3) is 7.79. The highest BCUT2D eigenvalue weighted by atomic mass is 127. The molecule has 0 fully saturated rings. The van der Waals surface area contributed by atoms with Crippen LogP contribution in [-0.2, 0) is 17.8 Å². The van der Waals surface area contributed by atoms with Crippen LogP contribution in [0, 0.1) is 6.92 Å². The number of pyridine rings is 1. The lowest BCUT2D eigenvalue weighted by atomic mass is 10.1. The summed E-state index contributed by atoms with van der Waals surface area (Å²) in [5.74, 6) is 2.37. The molecule has 2 aromatic heterocycles. The van der Waals surface area contributed by atoms with Gasteiger partial charge in [0, 0.05) is 44.4 Å². The molecule has 0 aliphatic rings. The predicted molar refractivity (Wildman–Crippen MR) is 137 cm³/mol. The van der Waals surface area contributed by atoms with Crippen LogP contribution in [0.4, 0.5) is 0 Å². The highest BCUT2D eigenvalue weighted by molar-refractivity contribution is 14.0. The highest BCUT2D eigenvalue weighted by Crippen LogP contribution is 2.20. The predicted octanol–water partition coefficient (Wildman–Crippen LogP) is 3.47. The second-order valence-electron chi connectivity index (χ2n) is 6.97. The first-order chi connectivity index (χ1) is 15.2. The monoisotopic (exact) mass is 550 g/mol. The molecule has 2 heterocycles. The van der Waals surface area contributed by atoms with E-state index >= 15 is 0 Å². The van der Waals surface area contributed by atoms with Crippen molar-refractivity contribution in [2.24, 2.45) is 4.99 Å². The maximum Gasteiger partial charge on any atom is 0.191 e. The van der Waals surface area contributed by atoms with Crippen molar-refractivity contribution in [3.05, 3.63) is 71.7 Å². The highest BCUT2D eigenvalue weighted by Gasteiger charge is 2.07. The van der Waals surface area contributed by atoms with E-state index in [0.29, 0.717) is 26.3 Å². The molecule has 0 spiro atoms. The minimum atomic E-state index is 0. The summed E-state index contributed by atoms with van der Waals surface area (Å²) in [6, 6.07) is 12.0. The summed E-state index contributed by atoms with van der Waals surface area (Å²) in [6.07, 6.45) is 5.38. The zero-order valence-electron chi connectivity index (χ0n) is 18.7. The molecule has 3 rings (SSSR count). The Kier molecular flexibility index (Phi) is 10.9. The van der Waals surface area contributed by atoms with E-state index in [4.69, 9.17) is 14.5 Å². The van der Waals surface area contributed by atoms with Crippen LogP contribution >= 0.6 is 24.0 Å². The molecule has 0 amide bonds. The smallest absolute Gasteiger partial charge is 0.191 e. The minimum absolute atomic E-state index is 0. The van der Waals surface area contributed by atoms with Gasteiger partial charge in [0.2, 0.25) is 0 Å². The molecule has 0 aliphatic carbocycles. The van der Waals surface area contributed by atoms with Crippen molar-refractivity contribution < 1.29 is 9.47 Å². The Bertz CT molecular complexity index is 978. The van der Waals surface area contributed by atoms with Crippen molar-refractivity contribution in [1.82, 2.24) is 25.4 Å². The summed E-state index contributed by atoms with van der Waals surface area (Å²) >= 11 is 0. The summed E-state index contributed by atoms with van der Waals surface area (Å²) in [6.45, 7) is 7.06. The van der Waals surface area contributed by atoms with E-state index in [1.807, 2.05) is 37.4 Å². The third-order valence-electron chi connectivity index (χ3n) is 4.53. The molecule has 0 unspecified atom stereocenters. The number of guanidine groups is 1. The van der Waals surface area contributed by atoms with Gasteiger partial charge in [-0.2, -0.15) is 5.10 Å². The standard InChI is InChI=1S/C23H30N6O2.HI/c1-4-24-23(26-16-19-8-10-25-22(15-19)29-11-5-9-28-29)27-17-20-7-6-18(2)14-21(20)31-13-12-30-3;/h5-11,14-15H,4,12-13,16-17H2,1-3H3,(H2,24,26,27);1H. The van der Waals surface area contributed by atoms with E-state index in [2.05, 4.69) is 39.8 Å². The van der Waals surface area contributed by atoms with Crippen molar-refractivity contribution in [3.8, 4) is 11.6 Å². The van der Waals surface area contributed by atoms with E-state index in [9.17, 15) is 0 Å². The first-order valence-corrected chi connectivity index (χ1v) is 10.4. The summed E-state index contributed by atoms with van der Waals surface area (Å²) in [5, 5.41) is 10.9. The van der Waals surface area contributed by atoms with Gasteiger partial charge in [-0.1, -0.05) is 12.1 Å². The van der Waals surface area contributed by atoms with Gasteiger partial charge in [0.15, 0.2) is 11.8 Å². The number of hydrogen-bond acceptors (Lipinski definition) is 5. The van der Waals surface area contributed by atoms with Crippen molar-refractivity contribution in [2.45, 2.75) is 26.9 Å². The molecule has 0 saturated heterocycles. The molecule has 32 heavy (non-hydrogen) atoms. The van der Waals surface area contributed by atoms with Crippen LogP contribution in [0.3, 0.4) is 0 Å². The normalized spacial score (nSPS) is 11.0. The van der Waals surface area contributed by atoms with Crippen LogP contribution in [0.1, 0.15) is 23.6 Å². The van der Waals surface area contributed by atoms with Crippen LogP contribution in [-0.4, -0.2) is 47.6 Å². The number of halogens is 1. The molecule has 0 radical (unpaired) electrons. The Hall–Kier alpha value is -2.66. The number of nitrogens with zero attached hydrogens (tertiary/aromatic N) is 4. The Balaban J connectivity index is 0.00000363. The fraction of sp³-hybridized carbons (Fsp3) is 0.348. The van der Waals surface area contributed by atoms with E-state index in [1.165, 1.54) is 0 Å².